The zero-order valence-corrected chi connectivity index (χ0v) is 7.01. The molecule has 1 saturated heterocycles. The van der Waals surface area contributed by atoms with Gasteiger partial charge < -0.3 is 5.73 Å². The van der Waals surface area contributed by atoms with E-state index < -0.39 is 0 Å². The third-order valence-corrected chi connectivity index (χ3v) is 2.21. The van der Waals surface area contributed by atoms with Crippen LogP contribution in [0.3, 0.4) is 0 Å². The van der Waals surface area contributed by atoms with Crippen LogP contribution in [0.15, 0.2) is 0 Å². The molecule has 10 heavy (non-hydrogen) atoms. The summed E-state index contributed by atoms with van der Waals surface area (Å²) in [6.07, 6.45) is 2.71. The maximum absolute atomic E-state index is 5.69. The first-order chi connectivity index (χ1) is 4.70. The van der Waals surface area contributed by atoms with E-state index in [1.807, 2.05) is 0 Å². The van der Waals surface area contributed by atoms with Gasteiger partial charge >= 0.3 is 0 Å². The number of hydrogen-bond acceptors (Lipinski definition) is 2. The van der Waals surface area contributed by atoms with Crippen LogP contribution < -0.4 is 5.73 Å². The lowest BCUT2D eigenvalue weighted by Gasteiger charge is -2.22. The summed E-state index contributed by atoms with van der Waals surface area (Å²) in [6.45, 7) is 6.68. The average Bonchev–Trinajstić information content (AvgIpc) is 2.15. The Labute approximate surface area is 63.4 Å². The minimum Gasteiger partial charge on any atom is -0.327 e. The van der Waals surface area contributed by atoms with Crippen molar-refractivity contribution in [1.29, 1.82) is 0 Å². The Balaban J connectivity index is 2.26. The third kappa shape index (κ3) is 1.96. The molecule has 0 radical (unpaired) electrons. The van der Waals surface area contributed by atoms with Gasteiger partial charge in [0.2, 0.25) is 0 Å². The number of nitrogens with zero attached hydrogens (tertiary/aromatic N) is 1. The Kier molecular flexibility index (Phi) is 2.69. The highest BCUT2D eigenvalue weighted by molar-refractivity contribution is 4.77. The van der Waals surface area contributed by atoms with Gasteiger partial charge in [0.25, 0.3) is 0 Å². The summed E-state index contributed by atoms with van der Waals surface area (Å²) < 4.78 is 0. The first kappa shape index (κ1) is 8.02. The first-order valence-electron chi connectivity index (χ1n) is 4.20. The van der Waals surface area contributed by atoms with E-state index in [2.05, 4.69) is 18.7 Å². The molecule has 1 aliphatic heterocycles. The van der Waals surface area contributed by atoms with Crippen LogP contribution in [-0.4, -0.2) is 30.1 Å². The smallest absolute Gasteiger partial charge is 0.0139 e. The van der Waals surface area contributed by atoms with E-state index in [1.165, 1.54) is 19.4 Å². The summed E-state index contributed by atoms with van der Waals surface area (Å²) in [6, 6.07) is 1.10. The lowest BCUT2D eigenvalue weighted by atomic mass is 10.2. The topological polar surface area (TPSA) is 29.3 Å². The van der Waals surface area contributed by atoms with Gasteiger partial charge in [-0.1, -0.05) is 0 Å². The molecule has 1 heterocycles. The molecule has 60 valence electrons. The van der Waals surface area contributed by atoms with E-state index in [-0.39, 0.29) is 0 Å². The van der Waals surface area contributed by atoms with Gasteiger partial charge in [-0.3, -0.25) is 4.90 Å². The van der Waals surface area contributed by atoms with Crippen LogP contribution >= 0.6 is 0 Å². The highest BCUT2D eigenvalue weighted by Crippen LogP contribution is 2.15. The van der Waals surface area contributed by atoms with Crippen molar-refractivity contribution in [3.05, 3.63) is 0 Å². The quantitative estimate of drug-likeness (QED) is 0.618. The highest BCUT2D eigenvalue weighted by Gasteiger charge is 2.20. The van der Waals surface area contributed by atoms with Gasteiger partial charge in [0.15, 0.2) is 0 Å². The second kappa shape index (κ2) is 3.35. The molecule has 1 fully saturated rings. The fraction of sp³-hybridized carbons (Fsp3) is 1.00. The average molecular weight is 142 g/mol. The van der Waals surface area contributed by atoms with Gasteiger partial charge in [0.1, 0.15) is 0 Å². The molecule has 0 amide bonds. The number of likely N-dealkylation sites (tertiary alicyclic amines) is 1. The molecule has 0 spiro atoms. The molecule has 1 aliphatic rings. The van der Waals surface area contributed by atoms with Gasteiger partial charge in [-0.25, -0.2) is 0 Å². The van der Waals surface area contributed by atoms with Crippen molar-refractivity contribution >= 4 is 0 Å². The van der Waals surface area contributed by atoms with Gasteiger partial charge in [-0.05, 0) is 33.2 Å². The third-order valence-electron chi connectivity index (χ3n) is 2.21. The normalized spacial score (nSPS) is 30.9. The van der Waals surface area contributed by atoms with Crippen LogP contribution in [0.4, 0.5) is 0 Å². The van der Waals surface area contributed by atoms with Crippen molar-refractivity contribution in [3.8, 4) is 0 Å². The van der Waals surface area contributed by atoms with E-state index in [0.717, 1.165) is 12.6 Å². The molecule has 2 unspecified atom stereocenters. The number of hydrogen-bond donors (Lipinski definition) is 1. The molecular weight excluding hydrogens is 124 g/mol. The summed E-state index contributed by atoms with van der Waals surface area (Å²) in [7, 11) is 0. The summed E-state index contributed by atoms with van der Waals surface area (Å²) in [5.41, 5.74) is 5.69. The zero-order valence-electron chi connectivity index (χ0n) is 7.01. The van der Waals surface area contributed by atoms with Crippen LogP contribution in [0.5, 0.6) is 0 Å². The standard InChI is InChI=1S/C8H18N2/c1-7(9)6-10-5-3-4-8(10)2/h7-8H,3-6,9H2,1-2H3. The van der Waals surface area contributed by atoms with E-state index >= 15 is 0 Å². The Morgan fingerprint density at radius 2 is 2.40 bits per heavy atom. The Morgan fingerprint density at radius 3 is 2.80 bits per heavy atom. The molecule has 2 atom stereocenters. The van der Waals surface area contributed by atoms with Gasteiger partial charge in [-0.15, -0.1) is 0 Å². The molecule has 2 N–H and O–H groups in total. The van der Waals surface area contributed by atoms with Crippen molar-refractivity contribution in [2.24, 2.45) is 5.73 Å². The Hall–Kier alpha value is -0.0800. The van der Waals surface area contributed by atoms with Crippen LogP contribution in [0.2, 0.25) is 0 Å². The summed E-state index contributed by atoms with van der Waals surface area (Å²) in [4.78, 5) is 2.48. The lowest BCUT2D eigenvalue weighted by Crippen LogP contribution is -2.37. The number of nitrogens with two attached hydrogens (primary N) is 1. The fourth-order valence-corrected chi connectivity index (χ4v) is 1.63. The first-order valence-corrected chi connectivity index (χ1v) is 4.20. The molecule has 0 saturated carbocycles. The van der Waals surface area contributed by atoms with Crippen molar-refractivity contribution in [2.45, 2.75) is 38.8 Å². The van der Waals surface area contributed by atoms with E-state index in [0.29, 0.717) is 6.04 Å². The predicted octanol–water partition coefficient (Wildman–Crippen LogP) is 0.818. The number of rotatable bonds is 2. The van der Waals surface area contributed by atoms with E-state index in [9.17, 15) is 0 Å². The summed E-state index contributed by atoms with van der Waals surface area (Å²) in [5, 5.41) is 0. The minimum atomic E-state index is 0.334. The molecule has 0 aromatic heterocycles. The van der Waals surface area contributed by atoms with E-state index in [4.69, 9.17) is 5.73 Å². The molecule has 1 rings (SSSR count). The maximum Gasteiger partial charge on any atom is 0.0139 e. The van der Waals surface area contributed by atoms with Crippen molar-refractivity contribution in [3.63, 3.8) is 0 Å². The highest BCUT2D eigenvalue weighted by atomic mass is 15.2. The van der Waals surface area contributed by atoms with Gasteiger partial charge in [-0.2, -0.15) is 0 Å². The van der Waals surface area contributed by atoms with Gasteiger partial charge in [0.05, 0.1) is 0 Å². The lowest BCUT2D eigenvalue weighted by molar-refractivity contribution is 0.256. The van der Waals surface area contributed by atoms with Crippen molar-refractivity contribution in [1.82, 2.24) is 4.90 Å². The molecular formula is C8H18N2. The second-order valence-electron chi connectivity index (χ2n) is 3.46. The summed E-state index contributed by atoms with van der Waals surface area (Å²) >= 11 is 0. The van der Waals surface area contributed by atoms with Crippen LogP contribution in [-0.2, 0) is 0 Å². The zero-order chi connectivity index (χ0) is 7.56. The van der Waals surface area contributed by atoms with Crippen LogP contribution in [0.25, 0.3) is 0 Å². The largest absolute Gasteiger partial charge is 0.327 e. The SMILES string of the molecule is CC(N)CN1CCCC1C. The Bertz CT molecular complexity index is 101. The van der Waals surface area contributed by atoms with Crippen LogP contribution in [0.1, 0.15) is 26.7 Å². The molecule has 0 aromatic carbocycles. The summed E-state index contributed by atoms with van der Waals surface area (Å²) in [5.74, 6) is 0. The molecule has 0 aliphatic carbocycles. The van der Waals surface area contributed by atoms with Crippen molar-refractivity contribution < 1.29 is 0 Å². The Morgan fingerprint density at radius 1 is 1.70 bits per heavy atom. The van der Waals surface area contributed by atoms with Crippen molar-refractivity contribution in [2.75, 3.05) is 13.1 Å². The molecule has 2 nitrogen and oxygen atoms in total. The second-order valence-corrected chi connectivity index (χ2v) is 3.46. The van der Waals surface area contributed by atoms with Crippen LogP contribution in [0, 0.1) is 0 Å². The molecule has 2 heteroatoms. The maximum atomic E-state index is 5.69. The van der Waals surface area contributed by atoms with Gasteiger partial charge in [0, 0.05) is 18.6 Å². The molecule has 0 aromatic rings. The molecule has 0 bridgehead atoms. The monoisotopic (exact) mass is 142 g/mol. The minimum absolute atomic E-state index is 0.334. The predicted molar refractivity (Wildman–Crippen MR) is 43.9 cm³/mol. The van der Waals surface area contributed by atoms with E-state index in [1.54, 1.807) is 0 Å². The fourth-order valence-electron chi connectivity index (χ4n) is 1.63.